The molecule has 0 spiro atoms. The summed E-state index contributed by atoms with van der Waals surface area (Å²) in [6, 6.07) is 5.01. The second kappa shape index (κ2) is 3.96. The van der Waals surface area contributed by atoms with Crippen molar-refractivity contribution in [2.45, 2.75) is 51.0 Å². The van der Waals surface area contributed by atoms with Crippen LogP contribution in [-0.2, 0) is 10.0 Å². The Kier molecular flexibility index (Phi) is 2.99. The highest BCUT2D eigenvalue weighted by atomic mass is 32.2. The highest BCUT2D eigenvalue weighted by Gasteiger charge is 2.49. The van der Waals surface area contributed by atoms with Crippen molar-refractivity contribution in [2.24, 2.45) is 10.6 Å². The van der Waals surface area contributed by atoms with Gasteiger partial charge in [-0.2, -0.15) is 0 Å². The second-order valence-electron chi connectivity index (χ2n) is 6.27. The lowest BCUT2D eigenvalue weighted by atomic mass is 9.64. The van der Waals surface area contributed by atoms with Crippen LogP contribution in [0.1, 0.15) is 46.1 Å². The Bertz CT molecular complexity index is 618. The van der Waals surface area contributed by atoms with E-state index in [0.29, 0.717) is 11.3 Å². The van der Waals surface area contributed by atoms with E-state index in [1.54, 1.807) is 18.2 Å². The van der Waals surface area contributed by atoms with Gasteiger partial charge in [0.15, 0.2) is 0 Å². The maximum Gasteiger partial charge on any atom is 0.238 e. The van der Waals surface area contributed by atoms with Gasteiger partial charge in [0.1, 0.15) is 11.4 Å². The Balaban J connectivity index is 2.76. The van der Waals surface area contributed by atoms with Crippen molar-refractivity contribution >= 4 is 10.0 Å². The summed E-state index contributed by atoms with van der Waals surface area (Å²) in [7, 11) is -3.74. The first-order valence-electron chi connectivity index (χ1n) is 6.33. The lowest BCUT2D eigenvalue weighted by Gasteiger charge is -2.50. The third-order valence-electron chi connectivity index (χ3n) is 4.77. The number of hydrogen-bond donors (Lipinski definition) is 1. The number of primary sulfonamides is 1. The molecule has 1 aromatic rings. The van der Waals surface area contributed by atoms with E-state index < -0.39 is 10.0 Å². The standard InChI is InChI=1S/C14H21NO3S/c1-9-12-10(18-14(4,5)13(9,2)3)7-6-8-11(12)19(15,16)17/h6-9H,1-5H3,(H2,15,16,17). The van der Waals surface area contributed by atoms with Crippen LogP contribution >= 0.6 is 0 Å². The van der Waals surface area contributed by atoms with Gasteiger partial charge in [0.05, 0.1) is 4.90 Å². The third kappa shape index (κ3) is 2.05. The van der Waals surface area contributed by atoms with E-state index in [-0.39, 0.29) is 21.8 Å². The smallest absolute Gasteiger partial charge is 0.238 e. The van der Waals surface area contributed by atoms with Crippen LogP contribution in [0.2, 0.25) is 0 Å². The fraction of sp³-hybridized carbons (Fsp3) is 0.571. The van der Waals surface area contributed by atoms with Gasteiger partial charge >= 0.3 is 0 Å². The molecule has 0 aliphatic carbocycles. The zero-order chi connectivity index (χ0) is 14.6. The minimum Gasteiger partial charge on any atom is -0.487 e. The van der Waals surface area contributed by atoms with E-state index >= 15 is 0 Å². The van der Waals surface area contributed by atoms with Gasteiger partial charge < -0.3 is 4.74 Å². The van der Waals surface area contributed by atoms with E-state index in [9.17, 15) is 8.42 Å². The first kappa shape index (κ1) is 14.3. The molecule has 0 fully saturated rings. The molecule has 19 heavy (non-hydrogen) atoms. The fourth-order valence-electron chi connectivity index (χ4n) is 2.58. The highest BCUT2D eigenvalue weighted by Crippen LogP contribution is 2.53. The molecule has 0 saturated carbocycles. The number of benzene rings is 1. The normalized spacial score (nSPS) is 24.4. The minimum absolute atomic E-state index is 0.0285. The van der Waals surface area contributed by atoms with Gasteiger partial charge in [-0.3, -0.25) is 0 Å². The van der Waals surface area contributed by atoms with Crippen molar-refractivity contribution in [2.75, 3.05) is 0 Å². The fourth-order valence-corrected chi connectivity index (χ4v) is 3.43. The van der Waals surface area contributed by atoms with E-state index in [0.717, 1.165) is 0 Å². The number of hydrogen-bond acceptors (Lipinski definition) is 3. The molecule has 4 nitrogen and oxygen atoms in total. The van der Waals surface area contributed by atoms with Gasteiger partial charge in [0.25, 0.3) is 0 Å². The van der Waals surface area contributed by atoms with Gasteiger partial charge in [0.2, 0.25) is 10.0 Å². The summed E-state index contributed by atoms with van der Waals surface area (Å²) in [6.07, 6.45) is 0. The van der Waals surface area contributed by atoms with Gasteiger partial charge in [-0.1, -0.05) is 26.8 Å². The third-order valence-corrected chi connectivity index (χ3v) is 5.73. The van der Waals surface area contributed by atoms with Crippen LogP contribution < -0.4 is 9.88 Å². The quantitative estimate of drug-likeness (QED) is 0.861. The monoisotopic (exact) mass is 283 g/mol. The highest BCUT2D eigenvalue weighted by molar-refractivity contribution is 7.89. The number of nitrogens with two attached hydrogens (primary N) is 1. The van der Waals surface area contributed by atoms with Crippen molar-refractivity contribution in [1.29, 1.82) is 0 Å². The largest absolute Gasteiger partial charge is 0.487 e. The topological polar surface area (TPSA) is 69.4 Å². The summed E-state index contributed by atoms with van der Waals surface area (Å²) >= 11 is 0. The summed E-state index contributed by atoms with van der Waals surface area (Å²) in [5.74, 6) is 0.643. The lowest BCUT2D eigenvalue weighted by molar-refractivity contribution is -0.0442. The molecular formula is C14H21NO3S. The van der Waals surface area contributed by atoms with Crippen molar-refractivity contribution in [3.8, 4) is 5.75 Å². The minimum atomic E-state index is -3.74. The van der Waals surface area contributed by atoms with Crippen molar-refractivity contribution in [3.63, 3.8) is 0 Å². The Labute approximate surface area is 115 Å². The SMILES string of the molecule is CC1c2c(cccc2S(N)(=O)=O)OC(C)(C)C1(C)C. The number of ether oxygens (including phenoxy) is 1. The zero-order valence-electron chi connectivity index (χ0n) is 12.0. The maximum absolute atomic E-state index is 11.7. The number of fused-ring (bicyclic) bond motifs is 1. The number of sulfonamides is 1. The van der Waals surface area contributed by atoms with Crippen LogP contribution in [0.25, 0.3) is 0 Å². The molecule has 0 bridgehead atoms. The molecule has 2 N–H and O–H groups in total. The van der Waals surface area contributed by atoms with Crippen molar-refractivity contribution in [3.05, 3.63) is 23.8 Å². The molecule has 1 heterocycles. The lowest BCUT2D eigenvalue weighted by Crippen LogP contribution is -2.50. The summed E-state index contributed by atoms with van der Waals surface area (Å²) in [5.41, 5.74) is 0.103. The Hall–Kier alpha value is -1.07. The van der Waals surface area contributed by atoms with E-state index in [4.69, 9.17) is 9.88 Å². The molecule has 2 rings (SSSR count). The van der Waals surface area contributed by atoms with Gasteiger partial charge in [-0.05, 0) is 31.9 Å². The molecule has 1 aromatic carbocycles. The summed E-state index contributed by atoms with van der Waals surface area (Å²) in [4.78, 5) is 0.168. The van der Waals surface area contributed by atoms with Gasteiger partial charge in [-0.25, -0.2) is 13.6 Å². The van der Waals surface area contributed by atoms with Crippen LogP contribution in [0.15, 0.2) is 23.1 Å². The maximum atomic E-state index is 11.7. The molecule has 1 atom stereocenters. The molecule has 0 aromatic heterocycles. The van der Waals surface area contributed by atoms with Crippen LogP contribution in [-0.4, -0.2) is 14.0 Å². The molecule has 1 unspecified atom stereocenters. The molecule has 0 radical (unpaired) electrons. The summed E-state index contributed by atoms with van der Waals surface area (Å²) in [6.45, 7) is 10.2. The zero-order valence-corrected chi connectivity index (χ0v) is 12.8. The summed E-state index contributed by atoms with van der Waals surface area (Å²) in [5, 5.41) is 5.32. The Morgan fingerprint density at radius 3 is 2.32 bits per heavy atom. The van der Waals surface area contributed by atoms with Crippen LogP contribution in [0.4, 0.5) is 0 Å². The first-order chi connectivity index (χ1) is 8.48. The van der Waals surface area contributed by atoms with Gasteiger partial charge in [-0.15, -0.1) is 0 Å². The molecule has 106 valence electrons. The summed E-state index contributed by atoms with van der Waals surface area (Å²) < 4.78 is 29.5. The average Bonchev–Trinajstić information content (AvgIpc) is 2.24. The van der Waals surface area contributed by atoms with E-state index in [1.807, 2.05) is 20.8 Å². The van der Waals surface area contributed by atoms with E-state index in [2.05, 4.69) is 13.8 Å². The predicted octanol–water partition coefficient (Wildman–Crippen LogP) is 2.63. The number of rotatable bonds is 1. The molecular weight excluding hydrogens is 262 g/mol. The van der Waals surface area contributed by atoms with Crippen molar-refractivity contribution in [1.82, 2.24) is 0 Å². The second-order valence-corrected chi connectivity index (χ2v) is 7.80. The van der Waals surface area contributed by atoms with Crippen LogP contribution in [0.5, 0.6) is 5.75 Å². The Morgan fingerprint density at radius 2 is 1.79 bits per heavy atom. The predicted molar refractivity (Wildman–Crippen MR) is 74.7 cm³/mol. The molecule has 5 heteroatoms. The molecule has 1 aliphatic heterocycles. The molecule has 0 saturated heterocycles. The first-order valence-corrected chi connectivity index (χ1v) is 7.88. The molecule has 0 amide bonds. The van der Waals surface area contributed by atoms with Crippen LogP contribution in [0, 0.1) is 5.41 Å². The molecule has 1 aliphatic rings. The van der Waals surface area contributed by atoms with E-state index in [1.165, 1.54) is 0 Å². The van der Waals surface area contributed by atoms with Crippen LogP contribution in [0.3, 0.4) is 0 Å². The Morgan fingerprint density at radius 1 is 1.21 bits per heavy atom. The average molecular weight is 283 g/mol. The van der Waals surface area contributed by atoms with Crippen molar-refractivity contribution < 1.29 is 13.2 Å². The van der Waals surface area contributed by atoms with Gasteiger partial charge in [0, 0.05) is 11.0 Å².